The molecule has 2 heterocycles. The van der Waals surface area contributed by atoms with Gasteiger partial charge in [-0.1, -0.05) is 6.42 Å². The largest absolute Gasteiger partial charge is 0.468 e. The molecule has 98 valence electrons. The Balaban J connectivity index is 1.77. The third-order valence-electron chi connectivity index (χ3n) is 4.27. The standard InChI is InChI=1S/C13H18N2O2S/c1-17-13(16)12-11-4-2-3-9(11)6-15(12)7-10-5-14-8-18-10/h5,8-9,11-12H,2-4,6-7H2,1H3. The van der Waals surface area contributed by atoms with Crippen LogP contribution in [0, 0.1) is 11.8 Å². The predicted octanol–water partition coefficient (Wildman–Crippen LogP) is 1.92. The molecule has 3 unspecified atom stereocenters. The zero-order valence-electron chi connectivity index (χ0n) is 10.5. The van der Waals surface area contributed by atoms with E-state index in [4.69, 9.17) is 4.74 Å². The van der Waals surface area contributed by atoms with Crippen molar-refractivity contribution in [3.8, 4) is 0 Å². The van der Waals surface area contributed by atoms with Crippen LogP contribution in [0.15, 0.2) is 11.7 Å². The molecule has 3 atom stereocenters. The van der Waals surface area contributed by atoms with Crippen molar-refractivity contribution in [1.29, 1.82) is 0 Å². The fraction of sp³-hybridized carbons (Fsp3) is 0.692. The monoisotopic (exact) mass is 266 g/mol. The maximum atomic E-state index is 12.0. The number of carbonyl (C=O) groups excluding carboxylic acids is 1. The van der Waals surface area contributed by atoms with E-state index in [-0.39, 0.29) is 12.0 Å². The summed E-state index contributed by atoms with van der Waals surface area (Å²) in [6.45, 7) is 1.86. The summed E-state index contributed by atoms with van der Waals surface area (Å²) in [5.74, 6) is 1.13. The summed E-state index contributed by atoms with van der Waals surface area (Å²) in [6, 6.07) is -0.0374. The molecule has 5 heteroatoms. The van der Waals surface area contributed by atoms with Crippen molar-refractivity contribution in [2.24, 2.45) is 11.8 Å². The number of aromatic nitrogens is 1. The molecular weight excluding hydrogens is 248 g/mol. The van der Waals surface area contributed by atoms with Crippen LogP contribution in [0.1, 0.15) is 24.1 Å². The number of ether oxygens (including phenoxy) is 1. The van der Waals surface area contributed by atoms with Crippen LogP contribution >= 0.6 is 11.3 Å². The number of carbonyl (C=O) groups is 1. The number of fused-ring (bicyclic) bond motifs is 1. The highest BCUT2D eigenvalue weighted by atomic mass is 32.1. The first kappa shape index (κ1) is 12.1. The number of likely N-dealkylation sites (tertiary alicyclic amines) is 1. The van der Waals surface area contributed by atoms with Gasteiger partial charge in [-0.05, 0) is 24.7 Å². The first-order valence-corrected chi connectivity index (χ1v) is 7.37. The molecule has 4 nitrogen and oxygen atoms in total. The van der Waals surface area contributed by atoms with E-state index in [1.807, 2.05) is 11.7 Å². The summed E-state index contributed by atoms with van der Waals surface area (Å²) in [4.78, 5) is 19.6. The highest BCUT2D eigenvalue weighted by Gasteiger charge is 2.47. The van der Waals surface area contributed by atoms with E-state index in [9.17, 15) is 4.79 Å². The third-order valence-corrected chi connectivity index (χ3v) is 5.04. The maximum absolute atomic E-state index is 12.0. The minimum Gasteiger partial charge on any atom is -0.468 e. The van der Waals surface area contributed by atoms with E-state index in [0.717, 1.165) is 13.1 Å². The number of rotatable bonds is 3. The van der Waals surface area contributed by atoms with Crippen molar-refractivity contribution in [3.63, 3.8) is 0 Å². The lowest BCUT2D eigenvalue weighted by atomic mass is 9.94. The Labute approximate surface area is 111 Å². The molecule has 0 spiro atoms. The average molecular weight is 266 g/mol. The highest BCUT2D eigenvalue weighted by Crippen LogP contribution is 2.43. The van der Waals surface area contributed by atoms with Gasteiger partial charge in [0, 0.05) is 24.2 Å². The van der Waals surface area contributed by atoms with E-state index < -0.39 is 0 Å². The highest BCUT2D eigenvalue weighted by molar-refractivity contribution is 7.09. The van der Waals surface area contributed by atoms with Crippen LogP contribution in [0.2, 0.25) is 0 Å². The van der Waals surface area contributed by atoms with Crippen molar-refractivity contribution >= 4 is 17.3 Å². The topological polar surface area (TPSA) is 42.4 Å². The number of methoxy groups -OCH3 is 1. The Morgan fingerprint density at radius 2 is 2.50 bits per heavy atom. The van der Waals surface area contributed by atoms with Crippen LogP contribution in [0.5, 0.6) is 0 Å². The van der Waals surface area contributed by atoms with Gasteiger partial charge in [0.2, 0.25) is 0 Å². The minimum atomic E-state index is -0.0612. The SMILES string of the molecule is COC(=O)C1C2CCCC2CN1Cc1cncs1. The molecule has 1 saturated heterocycles. The first-order valence-electron chi connectivity index (χ1n) is 6.49. The summed E-state index contributed by atoms with van der Waals surface area (Å²) < 4.78 is 5.00. The van der Waals surface area contributed by atoms with Crippen LogP contribution in [0.4, 0.5) is 0 Å². The molecule has 1 aliphatic heterocycles. The fourth-order valence-electron chi connectivity index (χ4n) is 3.52. The minimum absolute atomic E-state index is 0.0374. The predicted molar refractivity (Wildman–Crippen MR) is 69.2 cm³/mol. The summed E-state index contributed by atoms with van der Waals surface area (Å²) in [6.07, 6.45) is 5.59. The Morgan fingerprint density at radius 1 is 1.61 bits per heavy atom. The maximum Gasteiger partial charge on any atom is 0.323 e. The molecule has 18 heavy (non-hydrogen) atoms. The van der Waals surface area contributed by atoms with Gasteiger partial charge in [0.1, 0.15) is 6.04 Å². The van der Waals surface area contributed by atoms with Crippen LogP contribution in [-0.4, -0.2) is 35.5 Å². The smallest absolute Gasteiger partial charge is 0.323 e. The second-order valence-electron chi connectivity index (χ2n) is 5.22. The van der Waals surface area contributed by atoms with E-state index in [0.29, 0.717) is 11.8 Å². The Morgan fingerprint density at radius 3 is 3.22 bits per heavy atom. The van der Waals surface area contributed by atoms with E-state index in [1.54, 1.807) is 11.3 Å². The third kappa shape index (κ3) is 2.06. The quantitative estimate of drug-likeness (QED) is 0.784. The van der Waals surface area contributed by atoms with Gasteiger partial charge in [-0.15, -0.1) is 11.3 Å². The van der Waals surface area contributed by atoms with E-state index >= 15 is 0 Å². The Bertz CT molecular complexity index is 421. The van der Waals surface area contributed by atoms with Crippen LogP contribution in [0.25, 0.3) is 0 Å². The van der Waals surface area contributed by atoms with Gasteiger partial charge in [-0.2, -0.15) is 0 Å². The van der Waals surface area contributed by atoms with Crippen LogP contribution in [-0.2, 0) is 16.1 Å². The second-order valence-corrected chi connectivity index (χ2v) is 6.19. The average Bonchev–Trinajstić information content (AvgIpc) is 3.04. The molecule has 1 aliphatic carbocycles. The molecule has 0 bridgehead atoms. The summed E-state index contributed by atoms with van der Waals surface area (Å²) in [5.41, 5.74) is 1.85. The lowest BCUT2D eigenvalue weighted by molar-refractivity contribution is -0.147. The van der Waals surface area contributed by atoms with Crippen molar-refractivity contribution in [2.75, 3.05) is 13.7 Å². The number of thiazole rings is 1. The van der Waals surface area contributed by atoms with E-state index in [1.165, 1.54) is 31.2 Å². The molecule has 0 N–H and O–H groups in total. The van der Waals surface area contributed by atoms with Crippen LogP contribution < -0.4 is 0 Å². The number of esters is 1. The van der Waals surface area contributed by atoms with Gasteiger partial charge in [0.15, 0.2) is 0 Å². The van der Waals surface area contributed by atoms with Gasteiger partial charge in [-0.3, -0.25) is 14.7 Å². The van der Waals surface area contributed by atoms with Gasteiger partial charge >= 0.3 is 5.97 Å². The molecular formula is C13H18N2O2S. The number of nitrogens with zero attached hydrogens (tertiary/aromatic N) is 2. The normalized spacial score (nSPS) is 31.5. The van der Waals surface area contributed by atoms with Gasteiger partial charge < -0.3 is 4.74 Å². The molecule has 1 aromatic rings. The summed E-state index contributed by atoms with van der Waals surface area (Å²) in [7, 11) is 1.50. The van der Waals surface area contributed by atoms with Gasteiger partial charge in [0.25, 0.3) is 0 Å². The van der Waals surface area contributed by atoms with Gasteiger partial charge in [-0.25, -0.2) is 0 Å². The first-order chi connectivity index (χ1) is 8.79. The van der Waals surface area contributed by atoms with E-state index in [2.05, 4.69) is 9.88 Å². The molecule has 0 radical (unpaired) electrons. The lowest BCUT2D eigenvalue weighted by Crippen LogP contribution is -2.39. The molecule has 0 aromatic carbocycles. The second kappa shape index (κ2) is 4.97. The summed E-state index contributed by atoms with van der Waals surface area (Å²) in [5, 5.41) is 0. The number of hydrogen-bond donors (Lipinski definition) is 0. The van der Waals surface area contributed by atoms with Crippen molar-refractivity contribution < 1.29 is 9.53 Å². The van der Waals surface area contributed by atoms with Gasteiger partial charge in [0.05, 0.1) is 12.6 Å². The Kier molecular flexibility index (Phi) is 3.35. The number of hydrogen-bond acceptors (Lipinski definition) is 5. The van der Waals surface area contributed by atoms with Crippen molar-refractivity contribution in [2.45, 2.75) is 31.8 Å². The molecule has 3 rings (SSSR count). The molecule has 2 aliphatic rings. The molecule has 2 fully saturated rings. The Hall–Kier alpha value is -0.940. The molecule has 1 saturated carbocycles. The summed E-state index contributed by atoms with van der Waals surface area (Å²) >= 11 is 1.65. The van der Waals surface area contributed by atoms with Crippen molar-refractivity contribution in [1.82, 2.24) is 9.88 Å². The lowest BCUT2D eigenvalue weighted by Gasteiger charge is -2.24. The molecule has 0 amide bonds. The zero-order chi connectivity index (χ0) is 12.5. The zero-order valence-corrected chi connectivity index (χ0v) is 11.4. The fourth-order valence-corrected chi connectivity index (χ4v) is 4.14. The molecule has 1 aromatic heterocycles. The van der Waals surface area contributed by atoms with Crippen LogP contribution in [0.3, 0.4) is 0 Å². The van der Waals surface area contributed by atoms with Crippen molar-refractivity contribution in [3.05, 3.63) is 16.6 Å².